The standard InChI is InChI=1S/C15H22N2O2/c1-16(2)10-12-5-7-13(8-6-12)15(19)17-9-3-4-14(18)11-17/h5-8,14,18H,3-4,9-11H2,1-2H3. The highest BCUT2D eigenvalue weighted by molar-refractivity contribution is 5.94. The molecule has 4 heteroatoms. The SMILES string of the molecule is CN(C)Cc1ccc(C(=O)N2CCCC(O)C2)cc1. The number of carbonyl (C=O) groups is 1. The monoisotopic (exact) mass is 262 g/mol. The first-order valence-electron chi connectivity index (χ1n) is 6.77. The molecule has 1 heterocycles. The van der Waals surface area contributed by atoms with Crippen LogP contribution in [0.1, 0.15) is 28.8 Å². The maximum absolute atomic E-state index is 12.3. The Labute approximate surface area is 114 Å². The van der Waals surface area contributed by atoms with Gasteiger partial charge in [0.2, 0.25) is 0 Å². The lowest BCUT2D eigenvalue weighted by Crippen LogP contribution is -2.42. The first-order chi connectivity index (χ1) is 9.06. The molecule has 0 bridgehead atoms. The van der Waals surface area contributed by atoms with Gasteiger partial charge in [-0.15, -0.1) is 0 Å². The summed E-state index contributed by atoms with van der Waals surface area (Å²) in [6, 6.07) is 7.74. The van der Waals surface area contributed by atoms with Gasteiger partial charge in [-0.25, -0.2) is 0 Å². The number of aliphatic hydroxyl groups excluding tert-OH is 1. The number of carbonyl (C=O) groups excluding carboxylic acids is 1. The molecular weight excluding hydrogens is 240 g/mol. The Kier molecular flexibility index (Phi) is 4.56. The summed E-state index contributed by atoms with van der Waals surface area (Å²) in [5, 5.41) is 9.62. The van der Waals surface area contributed by atoms with Gasteiger partial charge in [-0.2, -0.15) is 0 Å². The van der Waals surface area contributed by atoms with Gasteiger partial charge in [0.25, 0.3) is 5.91 Å². The van der Waals surface area contributed by atoms with Crippen LogP contribution in [-0.4, -0.2) is 54.1 Å². The molecule has 1 fully saturated rings. The van der Waals surface area contributed by atoms with Gasteiger partial charge in [0.1, 0.15) is 0 Å². The zero-order valence-electron chi connectivity index (χ0n) is 11.7. The molecule has 1 aliphatic rings. The van der Waals surface area contributed by atoms with E-state index >= 15 is 0 Å². The average Bonchev–Trinajstić information content (AvgIpc) is 2.38. The molecule has 1 N–H and O–H groups in total. The smallest absolute Gasteiger partial charge is 0.253 e. The average molecular weight is 262 g/mol. The summed E-state index contributed by atoms with van der Waals surface area (Å²) >= 11 is 0. The zero-order chi connectivity index (χ0) is 13.8. The number of likely N-dealkylation sites (tertiary alicyclic amines) is 1. The van der Waals surface area contributed by atoms with Crippen LogP contribution in [0.15, 0.2) is 24.3 Å². The van der Waals surface area contributed by atoms with Crippen molar-refractivity contribution in [3.8, 4) is 0 Å². The predicted octanol–water partition coefficient (Wildman–Crippen LogP) is 1.35. The highest BCUT2D eigenvalue weighted by Gasteiger charge is 2.22. The van der Waals surface area contributed by atoms with Crippen molar-refractivity contribution in [3.63, 3.8) is 0 Å². The Hall–Kier alpha value is -1.39. The van der Waals surface area contributed by atoms with Crippen LogP contribution in [-0.2, 0) is 6.54 Å². The number of nitrogens with zero attached hydrogens (tertiary/aromatic N) is 2. The molecule has 0 saturated carbocycles. The molecule has 0 aliphatic carbocycles. The molecule has 1 atom stereocenters. The first-order valence-corrected chi connectivity index (χ1v) is 6.77. The third-order valence-corrected chi connectivity index (χ3v) is 3.38. The molecule has 1 amide bonds. The van der Waals surface area contributed by atoms with Crippen molar-refractivity contribution >= 4 is 5.91 Å². The third-order valence-electron chi connectivity index (χ3n) is 3.38. The van der Waals surface area contributed by atoms with Crippen molar-refractivity contribution in [1.29, 1.82) is 0 Å². The minimum absolute atomic E-state index is 0.0233. The third kappa shape index (κ3) is 3.78. The van der Waals surface area contributed by atoms with Crippen LogP contribution in [0.3, 0.4) is 0 Å². The molecule has 2 rings (SSSR count). The van der Waals surface area contributed by atoms with Crippen molar-refractivity contribution < 1.29 is 9.90 Å². The Balaban J connectivity index is 2.02. The predicted molar refractivity (Wildman–Crippen MR) is 75.0 cm³/mol. The van der Waals surface area contributed by atoms with Crippen molar-refractivity contribution in [2.75, 3.05) is 27.2 Å². The van der Waals surface area contributed by atoms with E-state index in [1.165, 1.54) is 5.56 Å². The maximum Gasteiger partial charge on any atom is 0.253 e. The van der Waals surface area contributed by atoms with E-state index in [4.69, 9.17) is 0 Å². The molecular formula is C15H22N2O2. The fourth-order valence-electron chi connectivity index (χ4n) is 2.44. The van der Waals surface area contributed by atoms with E-state index in [1.54, 1.807) is 4.90 Å². The summed E-state index contributed by atoms with van der Waals surface area (Å²) in [6.45, 7) is 2.07. The first kappa shape index (κ1) is 14.0. The zero-order valence-corrected chi connectivity index (χ0v) is 11.7. The maximum atomic E-state index is 12.3. The number of rotatable bonds is 3. The lowest BCUT2D eigenvalue weighted by molar-refractivity contribution is 0.0474. The van der Waals surface area contributed by atoms with Gasteiger partial charge in [0.05, 0.1) is 6.10 Å². The van der Waals surface area contributed by atoms with E-state index in [1.807, 2.05) is 38.4 Å². The second kappa shape index (κ2) is 6.17. The quantitative estimate of drug-likeness (QED) is 0.894. The Morgan fingerprint density at radius 3 is 2.63 bits per heavy atom. The van der Waals surface area contributed by atoms with E-state index in [0.717, 1.165) is 25.9 Å². The molecule has 1 saturated heterocycles. The van der Waals surface area contributed by atoms with Crippen LogP contribution in [0.5, 0.6) is 0 Å². The molecule has 1 aromatic carbocycles. The molecule has 1 aromatic rings. The van der Waals surface area contributed by atoms with Crippen molar-refractivity contribution in [2.45, 2.75) is 25.5 Å². The van der Waals surface area contributed by atoms with Gasteiger partial charge in [-0.05, 0) is 44.6 Å². The molecule has 4 nitrogen and oxygen atoms in total. The van der Waals surface area contributed by atoms with Crippen LogP contribution in [0, 0.1) is 0 Å². The lowest BCUT2D eigenvalue weighted by atomic mass is 10.1. The summed E-state index contributed by atoms with van der Waals surface area (Å²) in [5.74, 6) is 0.0233. The van der Waals surface area contributed by atoms with Crippen LogP contribution < -0.4 is 0 Å². The van der Waals surface area contributed by atoms with Crippen LogP contribution in [0.4, 0.5) is 0 Å². The number of aliphatic hydroxyl groups is 1. The summed E-state index contributed by atoms with van der Waals surface area (Å²) < 4.78 is 0. The van der Waals surface area contributed by atoms with Crippen molar-refractivity contribution in [3.05, 3.63) is 35.4 Å². The van der Waals surface area contributed by atoms with Crippen molar-refractivity contribution in [1.82, 2.24) is 9.80 Å². The van der Waals surface area contributed by atoms with Crippen LogP contribution >= 0.6 is 0 Å². The van der Waals surface area contributed by atoms with E-state index in [9.17, 15) is 9.90 Å². The normalized spacial score (nSPS) is 19.8. The largest absolute Gasteiger partial charge is 0.391 e. The van der Waals surface area contributed by atoms with Gasteiger partial charge in [-0.3, -0.25) is 4.79 Å². The Bertz CT molecular complexity index is 428. The number of amides is 1. The number of hydrogen-bond acceptors (Lipinski definition) is 3. The number of piperidine rings is 1. The van der Waals surface area contributed by atoms with Gasteiger partial charge in [-0.1, -0.05) is 12.1 Å². The summed E-state index contributed by atoms with van der Waals surface area (Å²) in [4.78, 5) is 16.1. The second-order valence-corrected chi connectivity index (χ2v) is 5.48. The summed E-state index contributed by atoms with van der Waals surface area (Å²) in [5.41, 5.74) is 1.90. The Morgan fingerprint density at radius 2 is 2.05 bits per heavy atom. The highest BCUT2D eigenvalue weighted by atomic mass is 16.3. The number of benzene rings is 1. The van der Waals surface area contributed by atoms with Gasteiger partial charge in [0, 0.05) is 25.2 Å². The summed E-state index contributed by atoms with van der Waals surface area (Å²) in [7, 11) is 4.04. The van der Waals surface area contributed by atoms with Crippen molar-refractivity contribution in [2.24, 2.45) is 0 Å². The van der Waals surface area contributed by atoms with E-state index in [0.29, 0.717) is 12.1 Å². The number of hydrogen-bond donors (Lipinski definition) is 1. The number of β-amino-alcohol motifs (C(OH)–C–C–N with tert-alkyl or cyclic N) is 1. The lowest BCUT2D eigenvalue weighted by Gasteiger charge is -2.30. The van der Waals surface area contributed by atoms with E-state index in [2.05, 4.69) is 4.90 Å². The topological polar surface area (TPSA) is 43.8 Å². The molecule has 0 radical (unpaired) electrons. The van der Waals surface area contributed by atoms with E-state index < -0.39 is 0 Å². The highest BCUT2D eigenvalue weighted by Crippen LogP contribution is 2.14. The summed E-state index contributed by atoms with van der Waals surface area (Å²) in [6.07, 6.45) is 1.31. The molecule has 1 unspecified atom stereocenters. The fraction of sp³-hybridized carbons (Fsp3) is 0.533. The minimum Gasteiger partial charge on any atom is -0.391 e. The molecule has 104 valence electrons. The molecule has 19 heavy (non-hydrogen) atoms. The Morgan fingerprint density at radius 1 is 1.37 bits per heavy atom. The van der Waals surface area contributed by atoms with Gasteiger partial charge < -0.3 is 14.9 Å². The molecule has 0 aromatic heterocycles. The fourth-order valence-corrected chi connectivity index (χ4v) is 2.44. The molecule has 1 aliphatic heterocycles. The van der Waals surface area contributed by atoms with Crippen LogP contribution in [0.2, 0.25) is 0 Å². The molecule has 0 spiro atoms. The van der Waals surface area contributed by atoms with Gasteiger partial charge >= 0.3 is 0 Å². The minimum atomic E-state index is -0.370. The second-order valence-electron chi connectivity index (χ2n) is 5.48. The van der Waals surface area contributed by atoms with Crippen LogP contribution in [0.25, 0.3) is 0 Å². The van der Waals surface area contributed by atoms with Gasteiger partial charge in [0.15, 0.2) is 0 Å². The van der Waals surface area contributed by atoms with E-state index in [-0.39, 0.29) is 12.0 Å².